The van der Waals surface area contributed by atoms with Crippen LogP contribution in [-0.4, -0.2) is 17.9 Å². The molecular weight excluding hydrogens is 240 g/mol. The normalized spacial score (nSPS) is 12.2. The Bertz CT molecular complexity index is 532. The maximum Gasteiger partial charge on any atom is 0.244 e. The maximum absolute atomic E-state index is 12.2. The van der Waals surface area contributed by atoms with Gasteiger partial charge in [0.05, 0.1) is 12.5 Å². The molecule has 0 aliphatic carbocycles. The van der Waals surface area contributed by atoms with Crippen LogP contribution in [0.4, 0.5) is 0 Å². The first-order chi connectivity index (χ1) is 9.08. The first-order valence-electron chi connectivity index (χ1n) is 6.16. The lowest BCUT2D eigenvalue weighted by molar-refractivity contribution is -0.131. The molecular formula is C15H18N2O2. The average molecular weight is 258 g/mol. The van der Waals surface area contributed by atoms with E-state index < -0.39 is 6.04 Å². The van der Waals surface area contributed by atoms with E-state index in [9.17, 15) is 4.79 Å². The molecule has 0 saturated heterocycles. The van der Waals surface area contributed by atoms with Crippen molar-refractivity contribution in [2.75, 3.05) is 7.05 Å². The highest BCUT2D eigenvalue weighted by Crippen LogP contribution is 2.15. The van der Waals surface area contributed by atoms with Gasteiger partial charge in [-0.3, -0.25) is 4.79 Å². The summed E-state index contributed by atoms with van der Waals surface area (Å²) in [6.45, 7) is 2.50. The Morgan fingerprint density at radius 3 is 2.58 bits per heavy atom. The van der Waals surface area contributed by atoms with E-state index in [4.69, 9.17) is 10.2 Å². The van der Waals surface area contributed by atoms with Crippen molar-refractivity contribution >= 4 is 5.91 Å². The SMILES string of the molecule is Cc1ccc(C(N)C(=O)N(C)Cc2ccoc2)cc1. The first-order valence-corrected chi connectivity index (χ1v) is 6.16. The molecule has 19 heavy (non-hydrogen) atoms. The summed E-state index contributed by atoms with van der Waals surface area (Å²) in [4.78, 5) is 13.8. The van der Waals surface area contributed by atoms with Crippen molar-refractivity contribution in [3.63, 3.8) is 0 Å². The third-order valence-electron chi connectivity index (χ3n) is 3.08. The van der Waals surface area contributed by atoms with Crippen molar-refractivity contribution in [3.8, 4) is 0 Å². The van der Waals surface area contributed by atoms with Gasteiger partial charge in [0.25, 0.3) is 0 Å². The molecule has 1 heterocycles. The molecule has 1 amide bonds. The molecule has 1 aromatic heterocycles. The van der Waals surface area contributed by atoms with Crippen molar-refractivity contribution in [2.45, 2.75) is 19.5 Å². The minimum absolute atomic E-state index is 0.106. The van der Waals surface area contributed by atoms with Crippen LogP contribution in [0.25, 0.3) is 0 Å². The summed E-state index contributed by atoms with van der Waals surface area (Å²) in [6.07, 6.45) is 3.22. The zero-order chi connectivity index (χ0) is 13.8. The molecule has 2 rings (SSSR count). The van der Waals surface area contributed by atoms with Crippen LogP contribution in [0.15, 0.2) is 47.3 Å². The Kier molecular flexibility index (Phi) is 4.02. The number of likely N-dealkylation sites (N-methyl/N-ethyl adjacent to an activating group) is 1. The minimum Gasteiger partial charge on any atom is -0.472 e. The van der Waals surface area contributed by atoms with Crippen molar-refractivity contribution in [1.29, 1.82) is 0 Å². The lowest BCUT2D eigenvalue weighted by Gasteiger charge is -2.21. The van der Waals surface area contributed by atoms with Gasteiger partial charge in [0.15, 0.2) is 0 Å². The maximum atomic E-state index is 12.2. The van der Waals surface area contributed by atoms with Crippen LogP contribution in [0.2, 0.25) is 0 Å². The van der Waals surface area contributed by atoms with Crippen molar-refractivity contribution < 1.29 is 9.21 Å². The number of nitrogens with two attached hydrogens (primary N) is 1. The number of hydrogen-bond acceptors (Lipinski definition) is 3. The Morgan fingerprint density at radius 2 is 2.00 bits per heavy atom. The molecule has 1 atom stereocenters. The summed E-state index contributed by atoms with van der Waals surface area (Å²) < 4.78 is 4.98. The van der Waals surface area contributed by atoms with Crippen molar-refractivity contribution in [1.82, 2.24) is 4.90 Å². The Morgan fingerprint density at radius 1 is 1.32 bits per heavy atom. The highest BCUT2D eigenvalue weighted by Gasteiger charge is 2.19. The number of rotatable bonds is 4. The van der Waals surface area contributed by atoms with Crippen molar-refractivity contribution in [3.05, 3.63) is 59.5 Å². The van der Waals surface area contributed by atoms with Crippen LogP contribution in [0.5, 0.6) is 0 Å². The predicted molar refractivity (Wildman–Crippen MR) is 73.3 cm³/mol. The smallest absolute Gasteiger partial charge is 0.244 e. The number of carbonyl (C=O) groups excluding carboxylic acids is 1. The van der Waals surface area contributed by atoms with Gasteiger partial charge < -0.3 is 15.1 Å². The van der Waals surface area contributed by atoms with Gasteiger partial charge in [-0.2, -0.15) is 0 Å². The number of amides is 1. The quantitative estimate of drug-likeness (QED) is 0.915. The van der Waals surface area contributed by atoms with Gasteiger partial charge in [-0.15, -0.1) is 0 Å². The molecule has 4 heteroatoms. The second-order valence-electron chi connectivity index (χ2n) is 4.71. The standard InChI is InChI=1S/C15H18N2O2/c1-11-3-5-13(6-4-11)14(16)15(18)17(2)9-12-7-8-19-10-12/h3-8,10,14H,9,16H2,1-2H3. The third kappa shape index (κ3) is 3.23. The molecule has 0 aliphatic rings. The molecule has 2 N–H and O–H groups in total. The summed E-state index contributed by atoms with van der Waals surface area (Å²) in [5.41, 5.74) is 8.93. The van der Waals surface area contributed by atoms with Gasteiger partial charge in [-0.05, 0) is 18.6 Å². The van der Waals surface area contributed by atoms with Crippen LogP contribution in [0, 0.1) is 6.92 Å². The van der Waals surface area contributed by atoms with Crippen molar-refractivity contribution in [2.24, 2.45) is 5.73 Å². The summed E-state index contributed by atoms with van der Waals surface area (Å²) in [5, 5.41) is 0. The minimum atomic E-state index is -0.627. The summed E-state index contributed by atoms with van der Waals surface area (Å²) in [6, 6.07) is 8.91. The van der Waals surface area contributed by atoms with E-state index in [1.54, 1.807) is 24.5 Å². The fourth-order valence-corrected chi connectivity index (χ4v) is 1.89. The van der Waals surface area contributed by atoms with Crippen LogP contribution in [0.1, 0.15) is 22.7 Å². The number of aryl methyl sites for hydroxylation is 1. The van der Waals surface area contributed by atoms with E-state index in [1.807, 2.05) is 37.3 Å². The first kappa shape index (κ1) is 13.4. The van der Waals surface area contributed by atoms with E-state index in [2.05, 4.69) is 0 Å². The summed E-state index contributed by atoms with van der Waals surface area (Å²) >= 11 is 0. The third-order valence-corrected chi connectivity index (χ3v) is 3.08. The number of furan rings is 1. The predicted octanol–water partition coefficient (Wildman–Crippen LogP) is 2.25. The average Bonchev–Trinajstić information content (AvgIpc) is 2.90. The van der Waals surface area contributed by atoms with Gasteiger partial charge in [0, 0.05) is 19.2 Å². The van der Waals surface area contributed by atoms with E-state index in [0.29, 0.717) is 6.54 Å². The fourth-order valence-electron chi connectivity index (χ4n) is 1.89. The highest BCUT2D eigenvalue weighted by molar-refractivity contribution is 5.82. The zero-order valence-corrected chi connectivity index (χ0v) is 11.2. The van der Waals surface area contributed by atoms with E-state index >= 15 is 0 Å². The molecule has 0 aliphatic heterocycles. The summed E-state index contributed by atoms with van der Waals surface area (Å²) in [7, 11) is 1.74. The zero-order valence-electron chi connectivity index (χ0n) is 11.2. The molecule has 0 bridgehead atoms. The van der Waals surface area contributed by atoms with Crippen LogP contribution in [0.3, 0.4) is 0 Å². The number of hydrogen-bond donors (Lipinski definition) is 1. The Labute approximate surface area is 112 Å². The lowest BCUT2D eigenvalue weighted by atomic mass is 10.0. The molecule has 1 unspecified atom stereocenters. The van der Waals surface area contributed by atoms with Crippen LogP contribution >= 0.6 is 0 Å². The summed E-state index contributed by atoms with van der Waals surface area (Å²) in [5.74, 6) is -0.106. The second-order valence-corrected chi connectivity index (χ2v) is 4.71. The molecule has 0 fully saturated rings. The van der Waals surface area contributed by atoms with Crippen LogP contribution in [-0.2, 0) is 11.3 Å². The second kappa shape index (κ2) is 5.71. The van der Waals surface area contributed by atoms with Gasteiger partial charge in [-0.25, -0.2) is 0 Å². The molecule has 1 aromatic carbocycles. The number of carbonyl (C=O) groups is 1. The monoisotopic (exact) mass is 258 g/mol. The topological polar surface area (TPSA) is 59.5 Å². The molecule has 0 spiro atoms. The van der Waals surface area contributed by atoms with Crippen LogP contribution < -0.4 is 5.73 Å². The van der Waals surface area contributed by atoms with E-state index in [1.165, 1.54) is 0 Å². The van der Waals surface area contributed by atoms with Gasteiger partial charge >= 0.3 is 0 Å². The van der Waals surface area contributed by atoms with Gasteiger partial charge in [-0.1, -0.05) is 29.8 Å². The number of benzene rings is 1. The van der Waals surface area contributed by atoms with E-state index in [0.717, 1.165) is 16.7 Å². The van der Waals surface area contributed by atoms with Gasteiger partial charge in [0.1, 0.15) is 6.04 Å². The number of nitrogens with zero attached hydrogens (tertiary/aromatic N) is 1. The Hall–Kier alpha value is -2.07. The molecule has 0 saturated carbocycles. The molecule has 0 radical (unpaired) electrons. The fraction of sp³-hybridized carbons (Fsp3) is 0.267. The molecule has 100 valence electrons. The highest BCUT2D eigenvalue weighted by atomic mass is 16.3. The molecule has 2 aromatic rings. The van der Waals surface area contributed by atoms with E-state index in [-0.39, 0.29) is 5.91 Å². The lowest BCUT2D eigenvalue weighted by Crippen LogP contribution is -2.35. The molecule has 4 nitrogen and oxygen atoms in total. The Balaban J connectivity index is 2.04. The largest absolute Gasteiger partial charge is 0.472 e. The van der Waals surface area contributed by atoms with Gasteiger partial charge in [0.2, 0.25) is 5.91 Å².